The SMILES string of the molecule is COC(=O)CCSCC(=O)Nc1cccc(S(=O)(=O)NCc2ccco2)c1. The summed E-state index contributed by atoms with van der Waals surface area (Å²) in [6, 6.07) is 9.29. The van der Waals surface area contributed by atoms with Crippen LogP contribution in [-0.2, 0) is 30.9 Å². The molecule has 146 valence electrons. The summed E-state index contributed by atoms with van der Waals surface area (Å²) in [7, 11) is -2.44. The van der Waals surface area contributed by atoms with Crippen molar-refractivity contribution >= 4 is 39.3 Å². The fourth-order valence-electron chi connectivity index (χ4n) is 2.02. The standard InChI is InChI=1S/C17H20N2O6S2/c1-24-17(21)7-9-26-12-16(20)19-13-4-2-6-15(10-13)27(22,23)18-11-14-5-3-8-25-14/h2-6,8,10,18H,7,9,11-12H2,1H3,(H,19,20). The van der Waals surface area contributed by atoms with Crippen molar-refractivity contribution in [3.63, 3.8) is 0 Å². The van der Waals surface area contributed by atoms with Crippen molar-refractivity contribution in [2.24, 2.45) is 0 Å². The van der Waals surface area contributed by atoms with Crippen molar-refractivity contribution in [3.8, 4) is 0 Å². The van der Waals surface area contributed by atoms with Crippen LogP contribution in [0.4, 0.5) is 5.69 Å². The molecule has 27 heavy (non-hydrogen) atoms. The van der Waals surface area contributed by atoms with Gasteiger partial charge < -0.3 is 14.5 Å². The van der Waals surface area contributed by atoms with Crippen LogP contribution in [-0.4, -0.2) is 38.9 Å². The molecule has 0 spiro atoms. The monoisotopic (exact) mass is 412 g/mol. The predicted molar refractivity (Wildman–Crippen MR) is 102 cm³/mol. The summed E-state index contributed by atoms with van der Waals surface area (Å²) in [5.41, 5.74) is 0.370. The normalized spacial score (nSPS) is 11.1. The molecule has 0 unspecified atom stereocenters. The molecule has 0 atom stereocenters. The van der Waals surface area contributed by atoms with Crippen LogP contribution in [0.3, 0.4) is 0 Å². The fraction of sp³-hybridized carbons (Fsp3) is 0.294. The van der Waals surface area contributed by atoms with Crippen LogP contribution in [0.2, 0.25) is 0 Å². The van der Waals surface area contributed by atoms with Gasteiger partial charge in [0.15, 0.2) is 0 Å². The molecule has 2 aromatic rings. The third kappa shape index (κ3) is 7.08. The van der Waals surface area contributed by atoms with Crippen LogP contribution in [0.25, 0.3) is 0 Å². The van der Waals surface area contributed by atoms with Gasteiger partial charge in [0.25, 0.3) is 0 Å². The van der Waals surface area contributed by atoms with Crippen LogP contribution >= 0.6 is 11.8 Å². The molecule has 1 aromatic heterocycles. The Morgan fingerprint density at radius 3 is 2.74 bits per heavy atom. The minimum atomic E-state index is -3.75. The maximum Gasteiger partial charge on any atom is 0.306 e. The molecular formula is C17H20N2O6S2. The number of esters is 1. The zero-order valence-electron chi connectivity index (χ0n) is 14.6. The molecule has 0 radical (unpaired) electrons. The van der Waals surface area contributed by atoms with Gasteiger partial charge in [-0.25, -0.2) is 13.1 Å². The van der Waals surface area contributed by atoms with Gasteiger partial charge in [0.05, 0.1) is 37.0 Å². The number of methoxy groups -OCH3 is 1. The number of carbonyl (C=O) groups excluding carboxylic acids is 2. The summed E-state index contributed by atoms with van der Waals surface area (Å²) in [6.07, 6.45) is 1.69. The van der Waals surface area contributed by atoms with Gasteiger partial charge in [0, 0.05) is 11.4 Å². The highest BCUT2D eigenvalue weighted by atomic mass is 32.2. The summed E-state index contributed by atoms with van der Waals surface area (Å²) < 4.78 is 36.8. The van der Waals surface area contributed by atoms with E-state index in [2.05, 4.69) is 14.8 Å². The van der Waals surface area contributed by atoms with Crippen molar-refractivity contribution in [3.05, 3.63) is 48.4 Å². The van der Waals surface area contributed by atoms with Gasteiger partial charge in [-0.15, -0.1) is 0 Å². The number of carbonyl (C=O) groups is 2. The van der Waals surface area contributed by atoms with Crippen molar-refractivity contribution in [2.45, 2.75) is 17.9 Å². The molecule has 0 aliphatic rings. The Labute approximate surface area is 161 Å². The van der Waals surface area contributed by atoms with E-state index in [4.69, 9.17) is 4.42 Å². The maximum absolute atomic E-state index is 12.4. The van der Waals surface area contributed by atoms with Crippen molar-refractivity contribution in [1.29, 1.82) is 0 Å². The Bertz CT molecular complexity index is 865. The van der Waals surface area contributed by atoms with Crippen LogP contribution in [0.15, 0.2) is 52.0 Å². The van der Waals surface area contributed by atoms with E-state index in [0.717, 1.165) is 0 Å². The third-order valence-corrected chi connectivity index (χ3v) is 5.71. The highest BCUT2D eigenvalue weighted by Gasteiger charge is 2.15. The molecule has 8 nitrogen and oxygen atoms in total. The molecule has 1 aromatic carbocycles. The molecule has 1 heterocycles. The number of ether oxygens (including phenoxy) is 1. The topological polar surface area (TPSA) is 115 Å². The number of benzene rings is 1. The molecule has 1 amide bonds. The van der Waals surface area contributed by atoms with Gasteiger partial charge in [0.2, 0.25) is 15.9 Å². The average molecular weight is 412 g/mol. The van der Waals surface area contributed by atoms with Crippen molar-refractivity contribution in [1.82, 2.24) is 4.72 Å². The van der Waals surface area contributed by atoms with E-state index >= 15 is 0 Å². The summed E-state index contributed by atoms with van der Waals surface area (Å²) in [5, 5.41) is 2.64. The summed E-state index contributed by atoms with van der Waals surface area (Å²) in [5.74, 6) is 0.480. The Morgan fingerprint density at radius 2 is 2.04 bits per heavy atom. The van der Waals surface area contributed by atoms with Gasteiger partial charge in [-0.3, -0.25) is 9.59 Å². The first-order chi connectivity index (χ1) is 12.9. The minimum Gasteiger partial charge on any atom is -0.469 e. The lowest BCUT2D eigenvalue weighted by atomic mass is 10.3. The second-order valence-corrected chi connectivity index (χ2v) is 8.23. The summed E-state index contributed by atoms with van der Waals surface area (Å²) in [6.45, 7) is 0.0305. The summed E-state index contributed by atoms with van der Waals surface area (Å²) in [4.78, 5) is 23.0. The van der Waals surface area contributed by atoms with E-state index in [1.165, 1.54) is 37.3 Å². The Kier molecular flexibility index (Phi) is 7.89. The molecule has 0 fully saturated rings. The van der Waals surface area contributed by atoms with E-state index in [1.54, 1.807) is 24.3 Å². The maximum atomic E-state index is 12.4. The summed E-state index contributed by atoms with van der Waals surface area (Å²) >= 11 is 1.29. The molecule has 0 saturated carbocycles. The van der Waals surface area contributed by atoms with Crippen molar-refractivity contribution in [2.75, 3.05) is 23.9 Å². The zero-order valence-corrected chi connectivity index (χ0v) is 16.3. The van der Waals surface area contributed by atoms with Crippen LogP contribution in [0.5, 0.6) is 0 Å². The molecule has 0 saturated heterocycles. The number of furan rings is 1. The molecule has 0 bridgehead atoms. The second-order valence-electron chi connectivity index (χ2n) is 5.36. The second kappa shape index (κ2) is 10.1. The molecule has 0 aliphatic carbocycles. The van der Waals surface area contributed by atoms with E-state index in [-0.39, 0.29) is 35.5 Å². The van der Waals surface area contributed by atoms with E-state index in [0.29, 0.717) is 17.2 Å². The zero-order chi connectivity index (χ0) is 19.7. The smallest absolute Gasteiger partial charge is 0.306 e. The number of hydrogen-bond donors (Lipinski definition) is 2. The van der Waals surface area contributed by atoms with Gasteiger partial charge >= 0.3 is 5.97 Å². The molecule has 0 aliphatic heterocycles. The average Bonchev–Trinajstić information content (AvgIpc) is 3.17. The first-order valence-corrected chi connectivity index (χ1v) is 10.6. The minimum absolute atomic E-state index is 0.0305. The van der Waals surface area contributed by atoms with E-state index in [9.17, 15) is 18.0 Å². The van der Waals surface area contributed by atoms with Crippen LogP contribution < -0.4 is 10.0 Å². The lowest BCUT2D eigenvalue weighted by Crippen LogP contribution is -2.23. The first kappa shape index (κ1) is 21.0. The molecular weight excluding hydrogens is 392 g/mol. The highest BCUT2D eigenvalue weighted by Crippen LogP contribution is 2.16. The van der Waals surface area contributed by atoms with Crippen LogP contribution in [0.1, 0.15) is 12.2 Å². The van der Waals surface area contributed by atoms with Gasteiger partial charge in [-0.2, -0.15) is 11.8 Å². The highest BCUT2D eigenvalue weighted by molar-refractivity contribution is 7.99. The number of amides is 1. The number of hydrogen-bond acceptors (Lipinski definition) is 7. The number of anilines is 1. The lowest BCUT2D eigenvalue weighted by Gasteiger charge is -2.09. The Hall–Kier alpha value is -2.30. The Morgan fingerprint density at radius 1 is 1.22 bits per heavy atom. The molecule has 2 rings (SSSR count). The van der Waals surface area contributed by atoms with E-state index in [1.807, 2.05) is 0 Å². The number of sulfonamides is 1. The number of rotatable bonds is 10. The lowest BCUT2D eigenvalue weighted by molar-refractivity contribution is -0.140. The third-order valence-electron chi connectivity index (χ3n) is 3.36. The predicted octanol–water partition coefficient (Wildman–Crippen LogP) is 1.99. The van der Waals surface area contributed by atoms with Gasteiger partial charge in [-0.05, 0) is 30.3 Å². The Balaban J connectivity index is 1.88. The van der Waals surface area contributed by atoms with E-state index < -0.39 is 10.0 Å². The quantitative estimate of drug-likeness (QED) is 0.453. The fourth-order valence-corrected chi connectivity index (χ4v) is 3.77. The van der Waals surface area contributed by atoms with Gasteiger partial charge in [-0.1, -0.05) is 6.07 Å². The molecule has 2 N–H and O–H groups in total. The first-order valence-electron chi connectivity index (χ1n) is 7.97. The van der Waals surface area contributed by atoms with Crippen LogP contribution in [0, 0.1) is 0 Å². The number of thioether (sulfide) groups is 1. The molecule has 10 heteroatoms. The largest absolute Gasteiger partial charge is 0.469 e. The van der Waals surface area contributed by atoms with Gasteiger partial charge in [0.1, 0.15) is 5.76 Å². The number of nitrogens with one attached hydrogen (secondary N) is 2. The van der Waals surface area contributed by atoms with Crippen molar-refractivity contribution < 1.29 is 27.2 Å².